The van der Waals surface area contributed by atoms with Crippen LogP contribution in [0.15, 0.2) is 0 Å². The van der Waals surface area contributed by atoms with Crippen LogP contribution in [0.4, 0.5) is 0 Å². The molecule has 39 valence electrons. The Morgan fingerprint density at radius 2 is 1.33 bits per heavy atom. The second-order valence-corrected chi connectivity index (χ2v) is 0.848. The van der Waals surface area contributed by atoms with Crippen molar-refractivity contribution in [3.8, 4) is 0 Å². The van der Waals surface area contributed by atoms with E-state index >= 15 is 0 Å². The summed E-state index contributed by atoms with van der Waals surface area (Å²) in [7, 11) is -3.13. The summed E-state index contributed by atoms with van der Waals surface area (Å²) in [5.41, 5.74) is 0. The van der Waals surface area contributed by atoms with Crippen molar-refractivity contribution in [1.82, 2.24) is 0 Å². The minimum Gasteiger partial charge on any atom is -0.511 e. The van der Waals surface area contributed by atoms with Gasteiger partial charge in [0.15, 0.2) is 17.4 Å². The predicted octanol–water partition coefficient (Wildman–Crippen LogP) is -2.80. The first-order chi connectivity index (χ1) is 1.73. The maximum Gasteiger partial charge on any atom is 0.761 e. The normalized spacial score (nSPS) is 4.00. The fourth-order valence-electron chi connectivity index (χ4n) is 0. The molecule has 0 amide bonds. The molecule has 0 fully saturated rings. The van der Waals surface area contributed by atoms with Crippen LogP contribution in [0.5, 0.6) is 0 Å². The predicted molar refractivity (Wildman–Crippen MR) is 20.8 cm³/mol. The van der Waals surface area contributed by atoms with Gasteiger partial charge in [-0.2, -0.15) is 0 Å². The summed E-state index contributed by atoms with van der Waals surface area (Å²) >= 11 is 0. The molecule has 3 nitrogen and oxygen atoms in total. The third kappa shape index (κ3) is 145. The van der Waals surface area contributed by atoms with Crippen LogP contribution in [0.25, 0.3) is 0 Å². The van der Waals surface area contributed by atoms with Gasteiger partial charge >= 0.3 is 9.17 Å². The van der Waals surface area contributed by atoms with Crippen LogP contribution in [0.3, 0.4) is 0 Å². The third-order valence-corrected chi connectivity index (χ3v) is 0. The van der Waals surface area contributed by atoms with Crippen LogP contribution < -0.4 is 0 Å². The van der Waals surface area contributed by atoms with Gasteiger partial charge in [0.1, 0.15) is 0 Å². The Balaban J connectivity index is -0.0000000450. The molecule has 2 N–H and O–H groups in total. The summed E-state index contributed by atoms with van der Waals surface area (Å²) in [5, 5.41) is 0. The number of hydrogen-bond donors (Lipinski definition) is 2. The van der Waals surface area contributed by atoms with Gasteiger partial charge in [-0.05, 0) is 0 Å². The van der Waals surface area contributed by atoms with Gasteiger partial charge in [0, 0.05) is 16.8 Å². The molecule has 0 unspecified atom stereocenters. The molecule has 0 aliphatic heterocycles. The Bertz CT molecular complexity index is 33.8. The van der Waals surface area contributed by atoms with Crippen molar-refractivity contribution in [1.29, 1.82) is 0 Å². The zero-order valence-corrected chi connectivity index (χ0v) is 4.18. The van der Waals surface area contributed by atoms with Gasteiger partial charge in [-0.3, -0.25) is 4.46 Å². The molecule has 0 rings (SSSR count). The van der Waals surface area contributed by atoms with Gasteiger partial charge in [0.05, 0.1) is 0 Å². The molecule has 1 radical (unpaired) electrons. The quantitative estimate of drug-likeness (QED) is 0.383. The van der Waals surface area contributed by atoms with Crippen LogP contribution in [-0.2, 0) is 21.2 Å². The Labute approximate surface area is 57.6 Å². The monoisotopic (exact) mass is 167 g/mol. The van der Waals surface area contributed by atoms with Gasteiger partial charge in [-0.15, -0.1) is 0 Å². The Kier molecular flexibility index (Phi) is 24.4. The first-order valence-corrected chi connectivity index (χ1v) is 1.95. The van der Waals surface area contributed by atoms with E-state index in [0.29, 0.717) is 0 Å². The van der Waals surface area contributed by atoms with Gasteiger partial charge in [0.2, 0.25) is 0 Å². The molecule has 0 aromatic rings. The van der Waals surface area contributed by atoms with E-state index in [2.05, 4.69) is 0 Å². The Morgan fingerprint density at radius 1 is 1.33 bits per heavy atom. The van der Waals surface area contributed by atoms with E-state index in [1.54, 1.807) is 0 Å². The smallest absolute Gasteiger partial charge is 0.511 e. The van der Waals surface area contributed by atoms with Crippen LogP contribution >= 0.6 is 0 Å². The van der Waals surface area contributed by atoms with E-state index < -0.39 is 9.17 Å². The zero-order chi connectivity index (χ0) is 3.58. The zero-order valence-electron chi connectivity index (χ0n) is 2.14. The second kappa shape index (κ2) is 9.17. The minimum absolute atomic E-state index is 0. The second-order valence-electron chi connectivity index (χ2n) is 0.283. The first kappa shape index (κ1) is 15.9. The van der Waals surface area contributed by atoms with Crippen molar-refractivity contribution < 1.29 is 30.8 Å². The van der Waals surface area contributed by atoms with Crippen molar-refractivity contribution in [3.05, 3.63) is 0 Å². The van der Waals surface area contributed by atoms with Crippen LogP contribution in [0.2, 0.25) is 0 Å². The largest absolute Gasteiger partial charge is 0.761 e. The van der Waals surface area contributed by atoms with E-state index in [1.165, 1.54) is 0 Å². The summed E-state index contributed by atoms with van der Waals surface area (Å²) in [6, 6.07) is 0. The molecule has 6 heteroatoms. The molecule has 0 saturated carbocycles. The molecular formula is H5AlCoO3Si. The fraction of sp³-hybridized carbons (Fsp3) is 0. The molecule has 0 aromatic heterocycles. The standard InChI is InChI=1S/Al.Co.H2O3Si.3H/c;;1-4(2)3;;;/h;;1-2H;;;. The molecule has 0 heterocycles. The fourth-order valence-corrected chi connectivity index (χ4v) is 0. The summed E-state index contributed by atoms with van der Waals surface area (Å²) < 4.78 is 8.74. The topological polar surface area (TPSA) is 57.5 Å². The van der Waals surface area contributed by atoms with Crippen molar-refractivity contribution in [2.45, 2.75) is 0 Å². The van der Waals surface area contributed by atoms with Crippen molar-refractivity contribution in [2.75, 3.05) is 0 Å². The van der Waals surface area contributed by atoms with Gasteiger partial charge in [0.25, 0.3) is 0 Å². The Morgan fingerprint density at radius 3 is 1.33 bits per heavy atom. The van der Waals surface area contributed by atoms with Crippen molar-refractivity contribution >= 4 is 26.5 Å². The minimum atomic E-state index is -3.13. The molecule has 0 bridgehead atoms. The summed E-state index contributed by atoms with van der Waals surface area (Å²) in [4.78, 5) is 14.3. The maximum atomic E-state index is 8.74. The molecule has 0 aliphatic rings. The van der Waals surface area contributed by atoms with Gasteiger partial charge < -0.3 is 9.59 Å². The van der Waals surface area contributed by atoms with E-state index in [9.17, 15) is 0 Å². The molecule has 0 atom stereocenters. The average Bonchev–Trinajstić information content (AvgIpc) is 0.811. The summed E-state index contributed by atoms with van der Waals surface area (Å²) in [6.07, 6.45) is 0. The van der Waals surface area contributed by atoms with Crippen LogP contribution in [0.1, 0.15) is 0 Å². The van der Waals surface area contributed by atoms with E-state index in [0.717, 1.165) is 0 Å². The molecule has 0 aromatic carbocycles. The average molecular weight is 167 g/mol. The first-order valence-electron chi connectivity index (χ1n) is 0.651. The molecule has 0 saturated heterocycles. The number of rotatable bonds is 0. The maximum absolute atomic E-state index is 8.74. The van der Waals surface area contributed by atoms with Crippen LogP contribution in [0, 0.1) is 0 Å². The van der Waals surface area contributed by atoms with Gasteiger partial charge in [-0.1, -0.05) is 0 Å². The van der Waals surface area contributed by atoms with Crippen molar-refractivity contribution in [3.63, 3.8) is 0 Å². The SMILES string of the molecule is O=[Si](O)O.[AlH3].[Co]. The van der Waals surface area contributed by atoms with Gasteiger partial charge in [-0.25, -0.2) is 0 Å². The van der Waals surface area contributed by atoms with E-state index in [4.69, 9.17) is 14.1 Å². The Hall–Kier alpha value is 0.656. The number of hydrogen-bond acceptors (Lipinski definition) is 1. The molecule has 0 spiro atoms. The summed E-state index contributed by atoms with van der Waals surface area (Å²) in [6.45, 7) is 0. The molecule has 6 heavy (non-hydrogen) atoms. The van der Waals surface area contributed by atoms with Crippen molar-refractivity contribution in [2.24, 2.45) is 0 Å². The van der Waals surface area contributed by atoms with Crippen LogP contribution in [-0.4, -0.2) is 36.1 Å². The summed E-state index contributed by atoms with van der Waals surface area (Å²) in [5.74, 6) is 0. The third-order valence-electron chi connectivity index (χ3n) is 0. The molecule has 0 aliphatic carbocycles. The van der Waals surface area contributed by atoms with E-state index in [1.807, 2.05) is 0 Å². The van der Waals surface area contributed by atoms with E-state index in [-0.39, 0.29) is 34.1 Å². The molecular weight excluding hydrogens is 162 g/mol.